The molecule has 1 N–H and O–H groups in total. The lowest BCUT2D eigenvalue weighted by Gasteiger charge is -2.07. The molecule has 3 aromatic rings. The molecule has 132 valence electrons. The summed E-state index contributed by atoms with van der Waals surface area (Å²) in [5.74, 6) is 0.746. The van der Waals surface area contributed by atoms with E-state index in [0.717, 1.165) is 22.1 Å². The highest BCUT2D eigenvalue weighted by Crippen LogP contribution is 2.22. The molecule has 0 radical (unpaired) electrons. The van der Waals surface area contributed by atoms with Crippen LogP contribution in [0.2, 0.25) is 0 Å². The predicted octanol–water partition coefficient (Wildman–Crippen LogP) is 3.95. The van der Waals surface area contributed by atoms with Crippen LogP contribution in [0.4, 0.5) is 5.69 Å². The molecule has 0 saturated heterocycles. The molecule has 1 amide bonds. The van der Waals surface area contributed by atoms with E-state index in [9.17, 15) is 9.59 Å². The Labute approximate surface area is 151 Å². The molecule has 26 heavy (non-hydrogen) atoms. The van der Waals surface area contributed by atoms with E-state index in [0.29, 0.717) is 11.4 Å². The lowest BCUT2D eigenvalue weighted by molar-refractivity contribution is -0.133. The average Bonchev–Trinajstić information content (AvgIpc) is 2.62. The van der Waals surface area contributed by atoms with E-state index in [-0.39, 0.29) is 18.3 Å². The van der Waals surface area contributed by atoms with E-state index in [4.69, 9.17) is 9.47 Å². The van der Waals surface area contributed by atoms with Gasteiger partial charge in [0.25, 0.3) is 0 Å². The molecule has 0 spiro atoms. The van der Waals surface area contributed by atoms with Crippen LogP contribution in [0.15, 0.2) is 60.7 Å². The van der Waals surface area contributed by atoms with Gasteiger partial charge >= 0.3 is 5.97 Å². The topological polar surface area (TPSA) is 64.6 Å². The number of fused-ring (bicyclic) bond motifs is 1. The van der Waals surface area contributed by atoms with Crippen LogP contribution in [0.1, 0.15) is 12.5 Å². The third kappa shape index (κ3) is 4.39. The lowest BCUT2D eigenvalue weighted by atomic mass is 10.0. The highest BCUT2D eigenvalue weighted by atomic mass is 16.5. The molecule has 0 aliphatic rings. The summed E-state index contributed by atoms with van der Waals surface area (Å²) in [5, 5.41) is 4.75. The number of ether oxygens (including phenoxy) is 2. The maximum atomic E-state index is 12.2. The highest BCUT2D eigenvalue weighted by molar-refractivity contribution is 5.89. The molecule has 5 heteroatoms. The maximum Gasteiger partial charge on any atom is 0.315 e. The molecule has 0 bridgehead atoms. The molecule has 0 aliphatic carbocycles. The van der Waals surface area contributed by atoms with E-state index in [1.54, 1.807) is 31.4 Å². The number of hydrogen-bond donors (Lipinski definition) is 1. The van der Waals surface area contributed by atoms with E-state index >= 15 is 0 Å². The van der Waals surface area contributed by atoms with Crippen LogP contribution in [0, 0.1) is 0 Å². The Kier molecular flexibility index (Phi) is 5.17. The molecule has 0 heterocycles. The van der Waals surface area contributed by atoms with Gasteiger partial charge in [-0.3, -0.25) is 9.59 Å². The number of esters is 1. The second kappa shape index (κ2) is 7.70. The summed E-state index contributed by atoms with van der Waals surface area (Å²) in [4.78, 5) is 23.2. The standard InChI is InChI=1S/C21H19NO4/c1-14(23)22-18-6-9-19(10-7-18)26-21(24)12-15-3-4-17-13-20(25-2)8-5-16(17)11-15/h3-11,13H,12H2,1-2H3,(H,22,23). The summed E-state index contributed by atoms with van der Waals surface area (Å²) in [7, 11) is 1.63. The lowest BCUT2D eigenvalue weighted by Crippen LogP contribution is -2.11. The van der Waals surface area contributed by atoms with Gasteiger partial charge in [-0.2, -0.15) is 0 Å². The molecular weight excluding hydrogens is 330 g/mol. The quantitative estimate of drug-likeness (QED) is 0.559. The van der Waals surface area contributed by atoms with Crippen molar-refractivity contribution in [3.05, 3.63) is 66.2 Å². The van der Waals surface area contributed by atoms with Gasteiger partial charge in [-0.1, -0.05) is 24.3 Å². The molecule has 3 aromatic carbocycles. The first-order valence-corrected chi connectivity index (χ1v) is 8.18. The summed E-state index contributed by atoms with van der Waals surface area (Å²) in [5.41, 5.74) is 1.53. The number of carbonyl (C=O) groups excluding carboxylic acids is 2. The first-order valence-electron chi connectivity index (χ1n) is 8.18. The number of benzene rings is 3. The third-order valence-electron chi connectivity index (χ3n) is 3.87. The van der Waals surface area contributed by atoms with Crippen molar-refractivity contribution in [1.82, 2.24) is 0 Å². The Morgan fingerprint density at radius 1 is 0.885 bits per heavy atom. The van der Waals surface area contributed by atoms with Crippen molar-refractivity contribution in [2.24, 2.45) is 0 Å². The number of anilines is 1. The minimum atomic E-state index is -0.342. The Morgan fingerprint density at radius 3 is 2.23 bits per heavy atom. The molecular formula is C21H19NO4. The Balaban J connectivity index is 1.65. The van der Waals surface area contributed by atoms with Crippen molar-refractivity contribution in [2.75, 3.05) is 12.4 Å². The number of hydrogen-bond acceptors (Lipinski definition) is 4. The average molecular weight is 349 g/mol. The summed E-state index contributed by atoms with van der Waals surface area (Å²) < 4.78 is 10.6. The molecule has 0 saturated carbocycles. The second-order valence-corrected chi connectivity index (χ2v) is 5.90. The summed E-state index contributed by atoms with van der Waals surface area (Å²) >= 11 is 0. The zero-order valence-electron chi connectivity index (χ0n) is 14.6. The zero-order chi connectivity index (χ0) is 18.5. The Bertz CT molecular complexity index is 948. The van der Waals surface area contributed by atoms with Crippen molar-refractivity contribution in [2.45, 2.75) is 13.3 Å². The van der Waals surface area contributed by atoms with Crippen LogP contribution in [0.25, 0.3) is 10.8 Å². The van der Waals surface area contributed by atoms with Crippen molar-refractivity contribution in [3.63, 3.8) is 0 Å². The molecule has 0 unspecified atom stereocenters. The largest absolute Gasteiger partial charge is 0.497 e. The van der Waals surface area contributed by atoms with Crippen LogP contribution in [-0.4, -0.2) is 19.0 Å². The van der Waals surface area contributed by atoms with Gasteiger partial charge in [0.15, 0.2) is 0 Å². The number of amides is 1. The summed E-state index contributed by atoms with van der Waals surface area (Å²) in [6.07, 6.45) is 0.176. The first kappa shape index (κ1) is 17.5. The third-order valence-corrected chi connectivity index (χ3v) is 3.87. The highest BCUT2D eigenvalue weighted by Gasteiger charge is 2.08. The summed E-state index contributed by atoms with van der Waals surface area (Å²) in [6, 6.07) is 18.3. The predicted molar refractivity (Wildman–Crippen MR) is 101 cm³/mol. The fraction of sp³-hybridized carbons (Fsp3) is 0.143. The number of methoxy groups -OCH3 is 1. The van der Waals surface area contributed by atoms with Crippen molar-refractivity contribution >= 4 is 28.3 Å². The van der Waals surface area contributed by atoms with E-state index in [2.05, 4.69) is 5.32 Å². The normalized spacial score (nSPS) is 10.4. The number of nitrogens with one attached hydrogen (secondary N) is 1. The van der Waals surface area contributed by atoms with Crippen molar-refractivity contribution < 1.29 is 19.1 Å². The van der Waals surface area contributed by atoms with Gasteiger partial charge in [0.2, 0.25) is 5.91 Å². The van der Waals surface area contributed by atoms with Gasteiger partial charge in [0.1, 0.15) is 11.5 Å². The van der Waals surface area contributed by atoms with Crippen LogP contribution in [-0.2, 0) is 16.0 Å². The van der Waals surface area contributed by atoms with E-state index in [1.807, 2.05) is 36.4 Å². The molecule has 0 aliphatic heterocycles. The molecule has 0 aromatic heterocycles. The van der Waals surface area contributed by atoms with Gasteiger partial charge < -0.3 is 14.8 Å². The van der Waals surface area contributed by atoms with Crippen LogP contribution in [0.5, 0.6) is 11.5 Å². The second-order valence-electron chi connectivity index (χ2n) is 5.90. The van der Waals surface area contributed by atoms with E-state index in [1.165, 1.54) is 6.92 Å². The summed E-state index contributed by atoms with van der Waals surface area (Å²) in [6.45, 7) is 1.44. The zero-order valence-corrected chi connectivity index (χ0v) is 14.6. The van der Waals surface area contributed by atoms with Crippen molar-refractivity contribution in [3.8, 4) is 11.5 Å². The fourth-order valence-corrected chi connectivity index (χ4v) is 2.65. The minimum absolute atomic E-state index is 0.149. The Hall–Kier alpha value is -3.34. The van der Waals surface area contributed by atoms with E-state index < -0.39 is 0 Å². The molecule has 3 rings (SSSR count). The smallest absolute Gasteiger partial charge is 0.315 e. The van der Waals surface area contributed by atoms with Crippen LogP contribution in [0.3, 0.4) is 0 Å². The molecule has 0 atom stereocenters. The molecule has 0 fully saturated rings. The fourth-order valence-electron chi connectivity index (χ4n) is 2.65. The van der Waals surface area contributed by atoms with Gasteiger partial charge in [-0.25, -0.2) is 0 Å². The van der Waals surface area contributed by atoms with Gasteiger partial charge in [-0.05, 0) is 52.7 Å². The van der Waals surface area contributed by atoms with Crippen LogP contribution < -0.4 is 14.8 Å². The van der Waals surface area contributed by atoms with Gasteiger partial charge in [0, 0.05) is 12.6 Å². The van der Waals surface area contributed by atoms with Gasteiger partial charge in [0.05, 0.1) is 13.5 Å². The maximum absolute atomic E-state index is 12.2. The van der Waals surface area contributed by atoms with Gasteiger partial charge in [-0.15, -0.1) is 0 Å². The Morgan fingerprint density at radius 2 is 1.54 bits per heavy atom. The first-order chi connectivity index (χ1) is 12.5. The minimum Gasteiger partial charge on any atom is -0.497 e. The molecule has 5 nitrogen and oxygen atoms in total. The number of carbonyl (C=O) groups is 2. The van der Waals surface area contributed by atoms with Crippen molar-refractivity contribution in [1.29, 1.82) is 0 Å². The number of rotatable bonds is 5. The SMILES string of the molecule is COc1ccc2cc(CC(=O)Oc3ccc(NC(C)=O)cc3)ccc2c1. The monoisotopic (exact) mass is 349 g/mol. The van der Waals surface area contributed by atoms with Crippen LogP contribution >= 0.6 is 0 Å².